The van der Waals surface area contributed by atoms with Crippen molar-refractivity contribution in [2.75, 3.05) is 18.0 Å². The van der Waals surface area contributed by atoms with Crippen molar-refractivity contribution < 1.29 is 18.0 Å². The number of carbonyl (C=O) groups is 1. The Morgan fingerprint density at radius 2 is 1.62 bits per heavy atom. The maximum atomic E-state index is 12.9. The Bertz CT molecular complexity index is 817. The number of alkyl halides is 3. The lowest BCUT2D eigenvalue weighted by Gasteiger charge is -2.28. The van der Waals surface area contributed by atoms with E-state index in [0.29, 0.717) is 12.2 Å². The number of amides is 2. The van der Waals surface area contributed by atoms with Gasteiger partial charge in [0.2, 0.25) is 0 Å². The first-order valence-corrected chi connectivity index (χ1v) is 8.47. The first-order chi connectivity index (χ1) is 12.4. The van der Waals surface area contributed by atoms with Gasteiger partial charge in [-0.1, -0.05) is 29.8 Å². The van der Waals surface area contributed by atoms with Gasteiger partial charge in [0, 0.05) is 18.8 Å². The van der Waals surface area contributed by atoms with Crippen LogP contribution in [0, 0.1) is 6.92 Å². The molecule has 2 aromatic carbocycles. The molecule has 2 heterocycles. The molecule has 0 unspecified atom stereocenters. The summed E-state index contributed by atoms with van der Waals surface area (Å²) in [7, 11) is 0. The average Bonchev–Trinajstić information content (AvgIpc) is 3.17. The SMILES string of the molecule is Cc1ccc([C@H]2N(c3ccc(C(F)(F)F)cc3)C(=O)N3CCCN23)cc1. The number of hydrazine groups is 1. The van der Waals surface area contributed by atoms with E-state index in [0.717, 1.165) is 36.2 Å². The predicted octanol–water partition coefficient (Wildman–Crippen LogP) is 4.58. The van der Waals surface area contributed by atoms with Gasteiger partial charge in [-0.2, -0.15) is 18.2 Å². The van der Waals surface area contributed by atoms with Gasteiger partial charge >= 0.3 is 12.2 Å². The van der Waals surface area contributed by atoms with Gasteiger partial charge in [0.25, 0.3) is 0 Å². The standard InChI is InChI=1S/C19H18F3N3O/c1-13-3-5-14(6-4-13)17-23-11-2-12-24(23)18(26)25(17)16-9-7-15(8-10-16)19(20,21)22/h3-10,17H,2,11-12H2,1H3/t17-/m1/s1. The Morgan fingerprint density at radius 3 is 2.23 bits per heavy atom. The van der Waals surface area contributed by atoms with E-state index in [1.165, 1.54) is 12.1 Å². The molecule has 2 amide bonds. The summed E-state index contributed by atoms with van der Waals surface area (Å²) in [5, 5.41) is 3.67. The molecular formula is C19H18F3N3O. The summed E-state index contributed by atoms with van der Waals surface area (Å²) in [6.45, 7) is 3.35. The minimum absolute atomic E-state index is 0.201. The topological polar surface area (TPSA) is 26.8 Å². The summed E-state index contributed by atoms with van der Waals surface area (Å²) < 4.78 is 38.5. The lowest BCUT2D eigenvalue weighted by molar-refractivity contribution is -0.137. The van der Waals surface area contributed by atoms with Crippen molar-refractivity contribution in [3.63, 3.8) is 0 Å². The molecule has 7 heteroatoms. The number of fused-ring (bicyclic) bond motifs is 1. The fourth-order valence-corrected chi connectivity index (χ4v) is 3.58. The van der Waals surface area contributed by atoms with Crippen molar-refractivity contribution in [1.82, 2.24) is 10.0 Å². The Morgan fingerprint density at radius 1 is 0.962 bits per heavy atom. The highest BCUT2D eigenvalue weighted by Gasteiger charge is 2.47. The van der Waals surface area contributed by atoms with Gasteiger partial charge in [0.15, 0.2) is 0 Å². The molecule has 0 N–H and O–H groups in total. The second-order valence-electron chi connectivity index (χ2n) is 6.62. The molecule has 0 saturated carbocycles. The predicted molar refractivity (Wildman–Crippen MR) is 91.3 cm³/mol. The highest BCUT2D eigenvalue weighted by molar-refractivity contribution is 5.94. The molecule has 0 spiro atoms. The van der Waals surface area contributed by atoms with Crippen LogP contribution in [0.25, 0.3) is 0 Å². The quantitative estimate of drug-likeness (QED) is 0.783. The van der Waals surface area contributed by atoms with E-state index in [-0.39, 0.29) is 12.2 Å². The average molecular weight is 361 g/mol. The van der Waals surface area contributed by atoms with Crippen LogP contribution in [0.4, 0.5) is 23.7 Å². The van der Waals surface area contributed by atoms with Gasteiger partial charge in [-0.3, -0.25) is 9.91 Å². The van der Waals surface area contributed by atoms with Crippen LogP contribution in [0.1, 0.15) is 29.3 Å². The van der Waals surface area contributed by atoms with Crippen molar-refractivity contribution in [2.24, 2.45) is 0 Å². The number of halogens is 3. The van der Waals surface area contributed by atoms with E-state index in [9.17, 15) is 18.0 Å². The normalized spacial score (nSPS) is 20.8. The number of benzene rings is 2. The maximum Gasteiger partial charge on any atom is 0.416 e. The molecule has 136 valence electrons. The van der Waals surface area contributed by atoms with E-state index < -0.39 is 11.7 Å². The number of hydrogen-bond donors (Lipinski definition) is 0. The van der Waals surface area contributed by atoms with Crippen molar-refractivity contribution in [3.8, 4) is 0 Å². The summed E-state index contributed by atoms with van der Waals surface area (Å²) in [5.74, 6) is 0. The summed E-state index contributed by atoms with van der Waals surface area (Å²) >= 11 is 0. The van der Waals surface area contributed by atoms with Crippen LogP contribution in [-0.4, -0.2) is 29.1 Å². The molecule has 4 nitrogen and oxygen atoms in total. The molecular weight excluding hydrogens is 343 g/mol. The van der Waals surface area contributed by atoms with Gasteiger partial charge in [0.1, 0.15) is 6.17 Å². The van der Waals surface area contributed by atoms with Crippen LogP contribution >= 0.6 is 0 Å². The first-order valence-electron chi connectivity index (χ1n) is 8.47. The van der Waals surface area contributed by atoms with Crippen LogP contribution in [0.3, 0.4) is 0 Å². The van der Waals surface area contributed by atoms with Gasteiger partial charge in [0.05, 0.1) is 5.56 Å². The third-order valence-electron chi connectivity index (χ3n) is 4.87. The number of hydrogen-bond acceptors (Lipinski definition) is 2. The van der Waals surface area contributed by atoms with E-state index in [1.807, 2.05) is 36.2 Å². The number of carbonyl (C=O) groups excluding carboxylic acids is 1. The summed E-state index contributed by atoms with van der Waals surface area (Å²) in [6.07, 6.45) is -3.86. The molecule has 2 aromatic rings. The smallest absolute Gasteiger partial charge is 0.271 e. The molecule has 26 heavy (non-hydrogen) atoms. The van der Waals surface area contributed by atoms with Crippen molar-refractivity contribution in [1.29, 1.82) is 0 Å². The van der Waals surface area contributed by atoms with Gasteiger partial charge in [-0.05, 0) is 43.2 Å². The number of urea groups is 1. The van der Waals surface area contributed by atoms with Crippen molar-refractivity contribution in [3.05, 3.63) is 65.2 Å². The third-order valence-corrected chi connectivity index (χ3v) is 4.87. The zero-order valence-corrected chi connectivity index (χ0v) is 14.2. The summed E-state index contributed by atoms with van der Waals surface area (Å²) in [4.78, 5) is 14.5. The van der Waals surface area contributed by atoms with E-state index in [2.05, 4.69) is 0 Å². The van der Waals surface area contributed by atoms with Crippen LogP contribution < -0.4 is 4.90 Å². The lowest BCUT2D eigenvalue weighted by Crippen LogP contribution is -2.32. The molecule has 0 aliphatic carbocycles. The largest absolute Gasteiger partial charge is 0.416 e. The molecule has 2 saturated heterocycles. The minimum atomic E-state index is -4.40. The first kappa shape index (κ1) is 16.9. The fraction of sp³-hybridized carbons (Fsp3) is 0.316. The maximum absolute atomic E-state index is 12.9. The molecule has 2 fully saturated rings. The molecule has 2 aliphatic heterocycles. The van der Waals surface area contributed by atoms with Gasteiger partial charge in [-0.25, -0.2) is 4.79 Å². The van der Waals surface area contributed by atoms with E-state index in [4.69, 9.17) is 0 Å². The van der Waals surface area contributed by atoms with Crippen LogP contribution in [0.5, 0.6) is 0 Å². The molecule has 4 rings (SSSR count). The Kier molecular flexibility index (Phi) is 3.91. The van der Waals surface area contributed by atoms with Crippen molar-refractivity contribution >= 4 is 11.7 Å². The van der Waals surface area contributed by atoms with Crippen molar-refractivity contribution in [2.45, 2.75) is 25.7 Å². The monoisotopic (exact) mass is 361 g/mol. The highest BCUT2D eigenvalue weighted by Crippen LogP contribution is 2.41. The number of nitrogens with zero attached hydrogens (tertiary/aromatic N) is 3. The zero-order chi connectivity index (χ0) is 18.5. The second kappa shape index (κ2) is 6.02. The van der Waals surface area contributed by atoms with E-state index >= 15 is 0 Å². The number of rotatable bonds is 2. The Balaban J connectivity index is 1.74. The van der Waals surface area contributed by atoms with Gasteiger partial charge < -0.3 is 0 Å². The summed E-state index contributed by atoms with van der Waals surface area (Å²) in [6, 6.07) is 12.5. The molecule has 1 atom stereocenters. The van der Waals surface area contributed by atoms with Gasteiger partial charge in [-0.15, -0.1) is 0 Å². The fourth-order valence-electron chi connectivity index (χ4n) is 3.58. The number of aryl methyl sites for hydroxylation is 1. The Labute approximate surface area is 149 Å². The van der Waals surface area contributed by atoms with Crippen LogP contribution in [-0.2, 0) is 6.18 Å². The number of anilines is 1. The van der Waals surface area contributed by atoms with Crippen LogP contribution in [0.15, 0.2) is 48.5 Å². The lowest BCUT2D eigenvalue weighted by atomic mass is 10.1. The zero-order valence-electron chi connectivity index (χ0n) is 14.2. The third kappa shape index (κ3) is 2.72. The molecule has 0 bridgehead atoms. The Hall–Kier alpha value is -2.54. The van der Waals surface area contributed by atoms with Crippen LogP contribution in [0.2, 0.25) is 0 Å². The van der Waals surface area contributed by atoms with E-state index in [1.54, 1.807) is 9.91 Å². The molecule has 0 aromatic heterocycles. The molecule has 2 aliphatic rings. The molecule has 0 radical (unpaired) electrons. The second-order valence-corrected chi connectivity index (χ2v) is 6.62. The highest BCUT2D eigenvalue weighted by atomic mass is 19.4. The summed E-state index contributed by atoms with van der Waals surface area (Å²) in [5.41, 5.74) is 1.79. The minimum Gasteiger partial charge on any atom is -0.271 e.